The van der Waals surface area contributed by atoms with Crippen molar-refractivity contribution in [1.82, 2.24) is 14.8 Å². The molecule has 0 aliphatic carbocycles. The molecule has 0 spiro atoms. The van der Waals surface area contributed by atoms with Gasteiger partial charge in [0.2, 0.25) is 0 Å². The Bertz CT molecular complexity index is 1280. The number of benzene rings is 2. The molecule has 3 aromatic rings. The first kappa shape index (κ1) is 20.4. The second kappa shape index (κ2) is 8.11. The van der Waals surface area contributed by atoms with Crippen LogP contribution in [0.4, 0.5) is 11.4 Å². The zero-order valence-corrected chi connectivity index (χ0v) is 17.1. The van der Waals surface area contributed by atoms with E-state index in [4.69, 9.17) is 5.73 Å². The van der Waals surface area contributed by atoms with Gasteiger partial charge in [-0.15, -0.1) is 0 Å². The van der Waals surface area contributed by atoms with Gasteiger partial charge < -0.3 is 16.2 Å². The molecule has 1 aliphatic rings. The molecule has 0 unspecified atom stereocenters. The Morgan fingerprint density at radius 1 is 1.19 bits per heavy atom. The molecule has 0 radical (unpaired) electrons. The molecular weight excluding hydrogens is 420 g/mol. The van der Waals surface area contributed by atoms with Crippen LogP contribution in [0.25, 0.3) is 0 Å². The van der Waals surface area contributed by atoms with E-state index in [2.05, 4.69) is 20.1 Å². The molecule has 5 N–H and O–H groups in total. The SMILES string of the molecule is NC(=O)c1cc2c(cc1O)NCc1ncn(n1)C/C=C/Cc1cccc(c1)NS2(=O)=O. The van der Waals surface area contributed by atoms with Crippen LogP contribution >= 0.6 is 0 Å². The molecule has 0 atom stereocenters. The highest BCUT2D eigenvalue weighted by molar-refractivity contribution is 7.92. The van der Waals surface area contributed by atoms with E-state index in [1.54, 1.807) is 29.2 Å². The number of fused-ring (bicyclic) bond motifs is 5. The molecular formula is C20H20N6O4S. The summed E-state index contributed by atoms with van der Waals surface area (Å²) in [4.78, 5) is 15.6. The number of amides is 1. The number of anilines is 2. The number of aromatic hydroxyl groups is 1. The summed E-state index contributed by atoms with van der Waals surface area (Å²) < 4.78 is 30.5. The van der Waals surface area contributed by atoms with E-state index < -0.39 is 21.7 Å². The van der Waals surface area contributed by atoms with Crippen LogP contribution in [0.1, 0.15) is 21.7 Å². The van der Waals surface area contributed by atoms with E-state index in [1.807, 2.05) is 18.2 Å². The maximum absolute atomic E-state index is 13.2. The highest BCUT2D eigenvalue weighted by Gasteiger charge is 2.24. The lowest BCUT2D eigenvalue weighted by Crippen LogP contribution is -2.18. The van der Waals surface area contributed by atoms with Gasteiger partial charge in [-0.3, -0.25) is 9.52 Å². The quantitative estimate of drug-likeness (QED) is 0.419. The normalized spacial score (nSPS) is 16.4. The fourth-order valence-electron chi connectivity index (χ4n) is 3.18. The number of rotatable bonds is 1. The van der Waals surface area contributed by atoms with E-state index in [1.165, 1.54) is 0 Å². The standard InChI is InChI=1S/C20H20N6O4S/c21-20(28)15-9-18-16(10-17(15)27)22-11-19-23-12-26(24-19)7-2-1-4-13-5-3-6-14(8-13)25-31(18,29)30/h1-3,5-6,8-10,12,22,25,27H,4,7,11H2,(H2,21,28)/b2-1+. The van der Waals surface area contributed by atoms with Crippen LogP contribution in [0.15, 0.2) is 59.8 Å². The average Bonchev–Trinajstić information content (AvgIpc) is 3.16. The number of allylic oxidation sites excluding steroid dienone is 2. The van der Waals surface area contributed by atoms with Gasteiger partial charge >= 0.3 is 0 Å². The van der Waals surface area contributed by atoms with Gasteiger partial charge in [-0.25, -0.2) is 18.1 Å². The molecule has 4 rings (SSSR count). The number of primary amides is 1. The molecule has 1 aliphatic heterocycles. The molecule has 160 valence electrons. The number of phenols is 1. The topological polar surface area (TPSA) is 152 Å². The van der Waals surface area contributed by atoms with E-state index >= 15 is 0 Å². The molecule has 31 heavy (non-hydrogen) atoms. The van der Waals surface area contributed by atoms with Gasteiger partial charge in [-0.2, -0.15) is 5.10 Å². The number of nitrogens with zero attached hydrogens (tertiary/aromatic N) is 3. The van der Waals surface area contributed by atoms with E-state index in [-0.39, 0.29) is 22.7 Å². The van der Waals surface area contributed by atoms with Crippen molar-refractivity contribution in [3.05, 3.63) is 71.8 Å². The summed E-state index contributed by atoms with van der Waals surface area (Å²) in [5.41, 5.74) is 6.34. The summed E-state index contributed by atoms with van der Waals surface area (Å²) in [7, 11) is -4.13. The van der Waals surface area contributed by atoms with Crippen molar-refractivity contribution in [2.45, 2.75) is 24.4 Å². The molecule has 2 heterocycles. The highest BCUT2D eigenvalue weighted by atomic mass is 32.2. The van der Waals surface area contributed by atoms with Crippen molar-refractivity contribution >= 4 is 27.3 Å². The highest BCUT2D eigenvalue weighted by Crippen LogP contribution is 2.31. The van der Waals surface area contributed by atoms with Gasteiger partial charge in [0, 0.05) is 11.8 Å². The Hall–Kier alpha value is -3.86. The Morgan fingerprint density at radius 3 is 2.84 bits per heavy atom. The van der Waals surface area contributed by atoms with E-state index in [0.29, 0.717) is 24.5 Å². The number of sulfonamides is 1. The molecule has 4 bridgehead atoms. The molecule has 11 heteroatoms. The summed E-state index contributed by atoms with van der Waals surface area (Å²) in [5.74, 6) is -0.952. The predicted molar refractivity (Wildman–Crippen MR) is 114 cm³/mol. The van der Waals surface area contributed by atoms with Crippen LogP contribution in [0.3, 0.4) is 0 Å². The summed E-state index contributed by atoms with van der Waals surface area (Å²) in [6.07, 6.45) is 6.10. The summed E-state index contributed by atoms with van der Waals surface area (Å²) in [6, 6.07) is 9.18. The second-order valence-electron chi connectivity index (χ2n) is 6.95. The zero-order valence-electron chi connectivity index (χ0n) is 16.3. The lowest BCUT2D eigenvalue weighted by Gasteiger charge is -2.16. The minimum Gasteiger partial charge on any atom is -0.507 e. The monoisotopic (exact) mass is 440 g/mol. The second-order valence-corrected chi connectivity index (χ2v) is 8.60. The zero-order chi connectivity index (χ0) is 22.0. The van der Waals surface area contributed by atoms with E-state index in [0.717, 1.165) is 17.7 Å². The van der Waals surface area contributed by atoms with Gasteiger partial charge in [0.15, 0.2) is 5.82 Å². The van der Waals surface area contributed by atoms with Gasteiger partial charge in [0.1, 0.15) is 17.0 Å². The number of hydrogen-bond acceptors (Lipinski definition) is 7. The molecule has 10 nitrogen and oxygen atoms in total. The maximum Gasteiger partial charge on any atom is 0.263 e. The van der Waals surface area contributed by atoms with Crippen molar-refractivity contribution < 1.29 is 18.3 Å². The molecule has 0 saturated carbocycles. The van der Waals surface area contributed by atoms with Crippen molar-refractivity contribution in [3.8, 4) is 5.75 Å². The van der Waals surface area contributed by atoms with E-state index in [9.17, 15) is 18.3 Å². The minimum absolute atomic E-state index is 0.0782. The Morgan fingerprint density at radius 2 is 2.03 bits per heavy atom. The van der Waals surface area contributed by atoms with Crippen LogP contribution in [0, 0.1) is 0 Å². The molecule has 0 saturated heterocycles. The Kier molecular flexibility index (Phi) is 5.34. The number of nitrogens with two attached hydrogens (primary N) is 1. The lowest BCUT2D eigenvalue weighted by molar-refractivity contribution is 0.0997. The summed E-state index contributed by atoms with van der Waals surface area (Å²) in [6.45, 7) is 0.642. The molecule has 0 fully saturated rings. The van der Waals surface area contributed by atoms with Crippen molar-refractivity contribution in [2.75, 3.05) is 10.0 Å². The lowest BCUT2D eigenvalue weighted by atomic mass is 10.1. The van der Waals surface area contributed by atoms with Crippen LogP contribution in [0.2, 0.25) is 0 Å². The van der Waals surface area contributed by atoms with Crippen molar-refractivity contribution in [2.24, 2.45) is 5.73 Å². The minimum atomic E-state index is -4.13. The molecule has 1 amide bonds. The number of carbonyl (C=O) groups is 1. The van der Waals surface area contributed by atoms with Crippen LogP contribution in [0.5, 0.6) is 5.75 Å². The first-order valence-electron chi connectivity index (χ1n) is 9.37. The summed E-state index contributed by atoms with van der Waals surface area (Å²) in [5, 5.41) is 17.4. The maximum atomic E-state index is 13.2. The molecule has 2 aromatic carbocycles. The largest absolute Gasteiger partial charge is 0.507 e. The third-order valence-electron chi connectivity index (χ3n) is 4.67. The van der Waals surface area contributed by atoms with Gasteiger partial charge in [-0.1, -0.05) is 24.3 Å². The number of hydrogen-bond donors (Lipinski definition) is 4. The van der Waals surface area contributed by atoms with Crippen LogP contribution in [-0.4, -0.2) is 34.2 Å². The van der Waals surface area contributed by atoms with Crippen LogP contribution in [-0.2, 0) is 29.5 Å². The smallest absolute Gasteiger partial charge is 0.263 e. The fraction of sp³-hybridized carbons (Fsp3) is 0.150. The Balaban J connectivity index is 1.83. The fourth-order valence-corrected chi connectivity index (χ4v) is 4.42. The first-order valence-corrected chi connectivity index (χ1v) is 10.9. The first-order chi connectivity index (χ1) is 14.8. The summed E-state index contributed by atoms with van der Waals surface area (Å²) >= 11 is 0. The Labute approximate surface area is 178 Å². The number of carbonyl (C=O) groups excluding carboxylic acids is 1. The van der Waals surface area contributed by atoms with Crippen molar-refractivity contribution in [3.63, 3.8) is 0 Å². The van der Waals surface area contributed by atoms with Gasteiger partial charge in [0.25, 0.3) is 15.9 Å². The van der Waals surface area contributed by atoms with Crippen molar-refractivity contribution in [1.29, 1.82) is 0 Å². The van der Waals surface area contributed by atoms with Crippen LogP contribution < -0.4 is 15.8 Å². The van der Waals surface area contributed by atoms with Gasteiger partial charge in [-0.05, 0) is 30.2 Å². The average molecular weight is 440 g/mol. The predicted octanol–water partition coefficient (Wildman–Crippen LogP) is 1.61. The third-order valence-corrected chi connectivity index (χ3v) is 6.09. The number of aromatic nitrogens is 3. The van der Waals surface area contributed by atoms with Gasteiger partial charge in [0.05, 0.1) is 24.3 Å². The number of nitrogens with one attached hydrogen (secondary N) is 2. The molecule has 1 aromatic heterocycles. The third kappa shape index (κ3) is 4.51.